The summed E-state index contributed by atoms with van der Waals surface area (Å²) in [5.74, 6) is 0. The standard InChI is InChI=1S/C18H19N5O/c1-18(2,24)12-6-4-10(5-7-12)15-14(19)13-16-11(9-21-23(16)3)8-20-17(13)22-15/h4-9,24H,19H2,1-3H3,(H,20,22). The van der Waals surface area contributed by atoms with Gasteiger partial charge in [0.25, 0.3) is 0 Å². The van der Waals surface area contributed by atoms with Gasteiger partial charge in [-0.2, -0.15) is 5.10 Å². The molecule has 0 aliphatic rings. The summed E-state index contributed by atoms with van der Waals surface area (Å²) in [5, 5.41) is 16.2. The van der Waals surface area contributed by atoms with Crippen LogP contribution in [-0.4, -0.2) is 24.9 Å². The van der Waals surface area contributed by atoms with E-state index in [2.05, 4.69) is 15.1 Å². The molecule has 24 heavy (non-hydrogen) atoms. The van der Waals surface area contributed by atoms with Crippen molar-refractivity contribution in [3.05, 3.63) is 42.2 Å². The van der Waals surface area contributed by atoms with E-state index in [0.29, 0.717) is 5.69 Å². The van der Waals surface area contributed by atoms with Crippen LogP contribution in [0, 0.1) is 0 Å². The molecular formula is C18H19N5O. The molecule has 4 N–H and O–H groups in total. The largest absolute Gasteiger partial charge is 0.396 e. The number of H-pyrrole nitrogens is 1. The first kappa shape index (κ1) is 14.7. The van der Waals surface area contributed by atoms with Gasteiger partial charge in [0.1, 0.15) is 5.65 Å². The van der Waals surface area contributed by atoms with Gasteiger partial charge in [-0.3, -0.25) is 4.68 Å². The van der Waals surface area contributed by atoms with Crippen LogP contribution in [0.1, 0.15) is 19.4 Å². The number of nitrogens with zero attached hydrogens (tertiary/aromatic N) is 3. The van der Waals surface area contributed by atoms with Crippen LogP contribution in [0.25, 0.3) is 33.2 Å². The highest BCUT2D eigenvalue weighted by Crippen LogP contribution is 2.36. The minimum Gasteiger partial charge on any atom is -0.396 e. The van der Waals surface area contributed by atoms with Crippen molar-refractivity contribution in [2.24, 2.45) is 7.05 Å². The number of pyridine rings is 1. The molecular weight excluding hydrogens is 302 g/mol. The van der Waals surface area contributed by atoms with Crippen LogP contribution < -0.4 is 5.73 Å². The van der Waals surface area contributed by atoms with Crippen LogP contribution in [0.5, 0.6) is 0 Å². The second kappa shape index (κ2) is 4.82. The van der Waals surface area contributed by atoms with Gasteiger partial charge in [0.05, 0.1) is 34.1 Å². The lowest BCUT2D eigenvalue weighted by Crippen LogP contribution is -2.14. The highest BCUT2D eigenvalue weighted by molar-refractivity contribution is 6.12. The zero-order valence-electron chi connectivity index (χ0n) is 13.8. The maximum absolute atomic E-state index is 10.1. The summed E-state index contributed by atoms with van der Waals surface area (Å²) in [6.45, 7) is 3.53. The molecule has 6 heteroatoms. The fourth-order valence-electron chi connectivity index (χ4n) is 3.10. The zero-order valence-corrected chi connectivity index (χ0v) is 13.8. The Hall–Kier alpha value is -2.86. The molecule has 0 atom stereocenters. The van der Waals surface area contributed by atoms with Crippen LogP contribution in [0.3, 0.4) is 0 Å². The summed E-state index contributed by atoms with van der Waals surface area (Å²) in [6, 6.07) is 7.73. The Kier molecular flexibility index (Phi) is 2.95. The maximum atomic E-state index is 10.1. The molecule has 1 aromatic carbocycles. The lowest BCUT2D eigenvalue weighted by molar-refractivity contribution is 0.0786. The number of hydrogen-bond donors (Lipinski definition) is 3. The minimum atomic E-state index is -0.868. The molecule has 0 saturated carbocycles. The van der Waals surface area contributed by atoms with E-state index in [1.54, 1.807) is 26.2 Å². The Labute approximate surface area is 138 Å². The number of anilines is 1. The summed E-state index contributed by atoms with van der Waals surface area (Å²) < 4.78 is 1.81. The molecule has 4 rings (SSSR count). The monoisotopic (exact) mass is 321 g/mol. The molecule has 3 heterocycles. The molecule has 122 valence electrons. The number of aryl methyl sites for hydroxylation is 1. The van der Waals surface area contributed by atoms with Crippen molar-refractivity contribution in [2.75, 3.05) is 5.73 Å². The van der Waals surface area contributed by atoms with E-state index in [-0.39, 0.29) is 0 Å². The first-order valence-electron chi connectivity index (χ1n) is 7.77. The SMILES string of the molecule is Cn1ncc2cnc3[nH]c(-c4ccc(C(C)(C)O)cc4)c(N)c3c21. The number of nitrogens with one attached hydrogen (secondary N) is 1. The quantitative estimate of drug-likeness (QED) is 0.529. The smallest absolute Gasteiger partial charge is 0.142 e. The number of nitrogens with two attached hydrogens (primary N) is 1. The summed E-state index contributed by atoms with van der Waals surface area (Å²) in [5.41, 5.74) is 10.6. The molecule has 0 aliphatic carbocycles. The molecule has 3 aromatic heterocycles. The number of fused-ring (bicyclic) bond motifs is 3. The van der Waals surface area contributed by atoms with Crippen LogP contribution >= 0.6 is 0 Å². The lowest BCUT2D eigenvalue weighted by Gasteiger charge is -2.17. The van der Waals surface area contributed by atoms with E-state index in [4.69, 9.17) is 5.73 Å². The fourth-order valence-corrected chi connectivity index (χ4v) is 3.10. The second-order valence-electron chi connectivity index (χ2n) is 6.60. The van der Waals surface area contributed by atoms with Gasteiger partial charge in [0.15, 0.2) is 0 Å². The van der Waals surface area contributed by atoms with Gasteiger partial charge < -0.3 is 15.8 Å². The molecule has 0 bridgehead atoms. The Bertz CT molecular complexity index is 1050. The normalized spacial score (nSPS) is 12.3. The predicted octanol–water partition coefficient (Wildman–Crippen LogP) is 2.93. The van der Waals surface area contributed by atoms with Gasteiger partial charge in [-0.25, -0.2) is 4.98 Å². The molecule has 0 amide bonds. The minimum absolute atomic E-state index is 0.655. The summed E-state index contributed by atoms with van der Waals surface area (Å²) in [6.07, 6.45) is 3.58. The van der Waals surface area contributed by atoms with Gasteiger partial charge in [0, 0.05) is 24.2 Å². The van der Waals surface area contributed by atoms with E-state index < -0.39 is 5.60 Å². The average Bonchev–Trinajstić information content (AvgIpc) is 3.08. The van der Waals surface area contributed by atoms with E-state index in [9.17, 15) is 5.11 Å². The third-order valence-electron chi connectivity index (χ3n) is 4.44. The summed E-state index contributed by atoms with van der Waals surface area (Å²) in [7, 11) is 1.89. The number of aromatic amines is 1. The van der Waals surface area contributed by atoms with Crippen molar-refractivity contribution in [1.82, 2.24) is 19.7 Å². The van der Waals surface area contributed by atoms with Gasteiger partial charge in [-0.05, 0) is 19.4 Å². The van der Waals surface area contributed by atoms with Crippen LogP contribution in [0.4, 0.5) is 5.69 Å². The molecule has 0 aliphatic heterocycles. The molecule has 0 spiro atoms. The molecule has 4 aromatic rings. The Morgan fingerprint density at radius 3 is 2.54 bits per heavy atom. The van der Waals surface area contributed by atoms with Crippen molar-refractivity contribution < 1.29 is 5.11 Å². The van der Waals surface area contributed by atoms with Crippen molar-refractivity contribution >= 4 is 27.6 Å². The Balaban J connectivity index is 1.93. The Morgan fingerprint density at radius 2 is 1.88 bits per heavy atom. The number of aromatic nitrogens is 4. The van der Waals surface area contributed by atoms with E-state index in [0.717, 1.165) is 38.8 Å². The van der Waals surface area contributed by atoms with Crippen molar-refractivity contribution in [3.8, 4) is 11.3 Å². The highest BCUT2D eigenvalue weighted by Gasteiger charge is 2.18. The topological polar surface area (TPSA) is 92.8 Å². The molecule has 6 nitrogen and oxygen atoms in total. The van der Waals surface area contributed by atoms with Crippen LogP contribution in [0.15, 0.2) is 36.7 Å². The third kappa shape index (κ3) is 2.07. The predicted molar refractivity (Wildman–Crippen MR) is 95.5 cm³/mol. The molecule has 0 radical (unpaired) electrons. The van der Waals surface area contributed by atoms with Gasteiger partial charge >= 0.3 is 0 Å². The number of aliphatic hydroxyl groups is 1. The first-order chi connectivity index (χ1) is 11.4. The Morgan fingerprint density at radius 1 is 1.17 bits per heavy atom. The van der Waals surface area contributed by atoms with Crippen molar-refractivity contribution in [2.45, 2.75) is 19.4 Å². The van der Waals surface area contributed by atoms with Crippen molar-refractivity contribution in [1.29, 1.82) is 0 Å². The van der Waals surface area contributed by atoms with Gasteiger partial charge in [-0.15, -0.1) is 0 Å². The van der Waals surface area contributed by atoms with Gasteiger partial charge in [-0.1, -0.05) is 24.3 Å². The zero-order chi connectivity index (χ0) is 17.1. The number of rotatable bonds is 2. The van der Waals surface area contributed by atoms with E-state index >= 15 is 0 Å². The van der Waals surface area contributed by atoms with Crippen LogP contribution in [-0.2, 0) is 12.6 Å². The highest BCUT2D eigenvalue weighted by atomic mass is 16.3. The number of hydrogen-bond acceptors (Lipinski definition) is 4. The summed E-state index contributed by atoms with van der Waals surface area (Å²) in [4.78, 5) is 7.77. The average molecular weight is 321 g/mol. The number of nitrogen functional groups attached to an aromatic ring is 1. The maximum Gasteiger partial charge on any atom is 0.142 e. The summed E-state index contributed by atoms with van der Waals surface area (Å²) >= 11 is 0. The van der Waals surface area contributed by atoms with Crippen LogP contribution in [0.2, 0.25) is 0 Å². The van der Waals surface area contributed by atoms with Gasteiger partial charge in [0.2, 0.25) is 0 Å². The van der Waals surface area contributed by atoms with Crippen molar-refractivity contribution in [3.63, 3.8) is 0 Å². The second-order valence-corrected chi connectivity index (χ2v) is 6.60. The molecule has 0 fully saturated rings. The van der Waals surface area contributed by atoms with E-state index in [1.807, 2.05) is 36.0 Å². The lowest BCUT2D eigenvalue weighted by atomic mass is 9.96. The third-order valence-corrected chi connectivity index (χ3v) is 4.44. The molecule has 0 unspecified atom stereocenters. The number of benzene rings is 1. The van der Waals surface area contributed by atoms with E-state index in [1.165, 1.54) is 0 Å². The fraction of sp³-hybridized carbons (Fsp3) is 0.222. The first-order valence-corrected chi connectivity index (χ1v) is 7.77. The molecule has 0 saturated heterocycles.